The SMILES string of the molecule is CN=C(NCCOc1cccnc1)NCC(OC)C(C)(C)C. The molecule has 0 saturated carbocycles. The summed E-state index contributed by atoms with van der Waals surface area (Å²) in [5.41, 5.74) is 0.0734. The lowest BCUT2D eigenvalue weighted by molar-refractivity contribution is 0.0205. The van der Waals surface area contributed by atoms with Crippen molar-refractivity contribution in [3.05, 3.63) is 24.5 Å². The summed E-state index contributed by atoms with van der Waals surface area (Å²) in [5, 5.41) is 6.48. The molecule has 0 aliphatic rings. The Morgan fingerprint density at radius 2 is 2.14 bits per heavy atom. The number of pyridine rings is 1. The fourth-order valence-corrected chi connectivity index (χ4v) is 1.92. The van der Waals surface area contributed by atoms with E-state index < -0.39 is 0 Å². The van der Waals surface area contributed by atoms with Crippen molar-refractivity contribution >= 4 is 5.96 Å². The van der Waals surface area contributed by atoms with E-state index in [1.807, 2.05) is 12.1 Å². The highest BCUT2D eigenvalue weighted by Crippen LogP contribution is 2.20. The van der Waals surface area contributed by atoms with E-state index in [-0.39, 0.29) is 11.5 Å². The minimum absolute atomic E-state index is 0.0734. The predicted molar refractivity (Wildman–Crippen MR) is 89.3 cm³/mol. The molecule has 0 bridgehead atoms. The van der Waals surface area contributed by atoms with Gasteiger partial charge < -0.3 is 20.1 Å². The van der Waals surface area contributed by atoms with Gasteiger partial charge in [-0.1, -0.05) is 20.8 Å². The minimum Gasteiger partial charge on any atom is -0.490 e. The summed E-state index contributed by atoms with van der Waals surface area (Å²) in [7, 11) is 3.48. The number of ether oxygens (including phenoxy) is 2. The van der Waals surface area contributed by atoms with Crippen LogP contribution in [0.1, 0.15) is 20.8 Å². The monoisotopic (exact) mass is 308 g/mol. The molecular weight excluding hydrogens is 280 g/mol. The molecule has 1 rings (SSSR count). The third kappa shape index (κ3) is 6.76. The first-order valence-electron chi connectivity index (χ1n) is 7.47. The van der Waals surface area contributed by atoms with E-state index >= 15 is 0 Å². The van der Waals surface area contributed by atoms with Crippen LogP contribution in [0.2, 0.25) is 0 Å². The second kappa shape index (κ2) is 9.25. The standard InChI is InChI=1S/C16H28N4O2/c1-16(2,3)14(21-5)12-20-15(17-4)19-9-10-22-13-7-6-8-18-11-13/h6-8,11,14H,9-10,12H2,1-5H3,(H2,17,19,20). The molecule has 6 nitrogen and oxygen atoms in total. The van der Waals surface area contributed by atoms with Crippen LogP contribution in [0.4, 0.5) is 0 Å². The summed E-state index contributed by atoms with van der Waals surface area (Å²) in [6, 6.07) is 3.73. The third-order valence-corrected chi connectivity index (χ3v) is 3.23. The Kier molecular flexibility index (Phi) is 7.66. The van der Waals surface area contributed by atoms with Gasteiger partial charge in [-0.3, -0.25) is 9.98 Å². The van der Waals surface area contributed by atoms with Crippen molar-refractivity contribution in [3.63, 3.8) is 0 Å². The number of methoxy groups -OCH3 is 1. The van der Waals surface area contributed by atoms with Gasteiger partial charge in [-0.05, 0) is 17.5 Å². The highest BCUT2D eigenvalue weighted by molar-refractivity contribution is 5.79. The fourth-order valence-electron chi connectivity index (χ4n) is 1.92. The first kappa shape index (κ1) is 18.2. The summed E-state index contributed by atoms with van der Waals surface area (Å²) >= 11 is 0. The van der Waals surface area contributed by atoms with E-state index in [1.165, 1.54) is 0 Å². The van der Waals surface area contributed by atoms with Crippen molar-refractivity contribution in [2.45, 2.75) is 26.9 Å². The lowest BCUT2D eigenvalue weighted by atomic mass is 9.89. The molecule has 0 spiro atoms. The fraction of sp³-hybridized carbons (Fsp3) is 0.625. The van der Waals surface area contributed by atoms with Crippen LogP contribution in [-0.2, 0) is 4.74 Å². The smallest absolute Gasteiger partial charge is 0.191 e. The van der Waals surface area contributed by atoms with Crippen LogP contribution in [-0.4, -0.2) is 50.9 Å². The molecule has 0 amide bonds. The number of hydrogen-bond donors (Lipinski definition) is 2. The minimum atomic E-state index is 0.0734. The molecule has 0 aliphatic carbocycles. The molecule has 0 aromatic carbocycles. The van der Waals surface area contributed by atoms with Gasteiger partial charge in [-0.25, -0.2) is 0 Å². The Morgan fingerprint density at radius 3 is 2.68 bits per heavy atom. The van der Waals surface area contributed by atoms with Crippen LogP contribution >= 0.6 is 0 Å². The van der Waals surface area contributed by atoms with Crippen molar-refractivity contribution in [2.75, 3.05) is 33.9 Å². The number of guanidine groups is 1. The van der Waals surface area contributed by atoms with Crippen molar-refractivity contribution in [2.24, 2.45) is 10.4 Å². The number of hydrogen-bond acceptors (Lipinski definition) is 4. The highest BCUT2D eigenvalue weighted by atomic mass is 16.5. The number of nitrogens with zero attached hydrogens (tertiary/aromatic N) is 2. The first-order chi connectivity index (χ1) is 10.5. The largest absolute Gasteiger partial charge is 0.490 e. The second-order valence-electron chi connectivity index (χ2n) is 6.01. The van der Waals surface area contributed by atoms with Crippen LogP contribution in [0.25, 0.3) is 0 Å². The van der Waals surface area contributed by atoms with Gasteiger partial charge in [-0.2, -0.15) is 0 Å². The molecular formula is C16H28N4O2. The van der Waals surface area contributed by atoms with Crippen molar-refractivity contribution < 1.29 is 9.47 Å². The summed E-state index contributed by atoms with van der Waals surface area (Å²) in [5.74, 6) is 1.50. The normalized spacial score (nSPS) is 13.6. The van der Waals surface area contributed by atoms with Gasteiger partial charge in [0.1, 0.15) is 12.4 Å². The van der Waals surface area contributed by atoms with Crippen molar-refractivity contribution in [1.29, 1.82) is 0 Å². The van der Waals surface area contributed by atoms with Gasteiger partial charge in [0.05, 0.1) is 18.8 Å². The van der Waals surface area contributed by atoms with Gasteiger partial charge in [0.15, 0.2) is 5.96 Å². The molecule has 22 heavy (non-hydrogen) atoms. The summed E-state index contributed by atoms with van der Waals surface area (Å²) < 4.78 is 11.1. The maximum Gasteiger partial charge on any atom is 0.191 e. The Balaban J connectivity index is 2.28. The molecule has 0 radical (unpaired) electrons. The lowest BCUT2D eigenvalue weighted by Gasteiger charge is -2.30. The Hall–Kier alpha value is -1.82. The summed E-state index contributed by atoms with van der Waals surface area (Å²) in [6.45, 7) is 8.35. The average molecular weight is 308 g/mol. The van der Waals surface area contributed by atoms with Gasteiger partial charge in [-0.15, -0.1) is 0 Å². The Labute approximate surface area is 133 Å². The summed E-state index contributed by atoms with van der Waals surface area (Å²) in [6.07, 6.45) is 3.52. The van der Waals surface area contributed by atoms with Crippen LogP contribution < -0.4 is 15.4 Å². The zero-order valence-corrected chi connectivity index (χ0v) is 14.2. The molecule has 1 heterocycles. The van der Waals surface area contributed by atoms with Crippen LogP contribution in [0, 0.1) is 5.41 Å². The molecule has 1 unspecified atom stereocenters. The molecule has 6 heteroatoms. The zero-order chi connectivity index (χ0) is 16.4. The molecule has 0 saturated heterocycles. The lowest BCUT2D eigenvalue weighted by Crippen LogP contribution is -2.46. The van der Waals surface area contributed by atoms with E-state index in [9.17, 15) is 0 Å². The van der Waals surface area contributed by atoms with E-state index in [4.69, 9.17) is 9.47 Å². The van der Waals surface area contributed by atoms with Gasteiger partial charge >= 0.3 is 0 Å². The number of nitrogens with one attached hydrogen (secondary N) is 2. The van der Waals surface area contributed by atoms with Gasteiger partial charge in [0, 0.05) is 26.9 Å². The van der Waals surface area contributed by atoms with Crippen LogP contribution in [0.3, 0.4) is 0 Å². The maximum atomic E-state index is 5.57. The van der Waals surface area contributed by atoms with E-state index in [0.29, 0.717) is 19.7 Å². The van der Waals surface area contributed by atoms with Crippen LogP contribution in [0.5, 0.6) is 5.75 Å². The van der Waals surface area contributed by atoms with Crippen molar-refractivity contribution in [1.82, 2.24) is 15.6 Å². The van der Waals surface area contributed by atoms with Crippen LogP contribution in [0.15, 0.2) is 29.5 Å². The Morgan fingerprint density at radius 1 is 1.36 bits per heavy atom. The predicted octanol–water partition coefficient (Wildman–Crippen LogP) is 1.69. The van der Waals surface area contributed by atoms with Gasteiger partial charge in [0.25, 0.3) is 0 Å². The first-order valence-corrected chi connectivity index (χ1v) is 7.47. The molecule has 124 valence electrons. The molecule has 1 aromatic heterocycles. The van der Waals surface area contributed by atoms with Gasteiger partial charge in [0.2, 0.25) is 0 Å². The molecule has 1 aromatic rings. The molecule has 0 fully saturated rings. The average Bonchev–Trinajstić information content (AvgIpc) is 2.49. The highest BCUT2D eigenvalue weighted by Gasteiger charge is 2.24. The second-order valence-corrected chi connectivity index (χ2v) is 6.01. The van der Waals surface area contributed by atoms with Crippen molar-refractivity contribution in [3.8, 4) is 5.75 Å². The number of aromatic nitrogens is 1. The molecule has 2 N–H and O–H groups in total. The summed E-state index contributed by atoms with van der Waals surface area (Å²) in [4.78, 5) is 8.19. The quantitative estimate of drug-likeness (QED) is 0.456. The third-order valence-electron chi connectivity index (χ3n) is 3.23. The topological polar surface area (TPSA) is 67.8 Å². The zero-order valence-electron chi connectivity index (χ0n) is 14.2. The van der Waals surface area contributed by atoms with E-state index in [0.717, 1.165) is 11.7 Å². The molecule has 0 aliphatic heterocycles. The molecule has 1 atom stereocenters. The van der Waals surface area contributed by atoms with E-state index in [1.54, 1.807) is 26.6 Å². The Bertz CT molecular complexity index is 443. The maximum absolute atomic E-state index is 5.57. The number of rotatable bonds is 7. The van der Waals surface area contributed by atoms with E-state index in [2.05, 4.69) is 41.4 Å². The number of aliphatic imine (C=N–C) groups is 1.